The predicted molar refractivity (Wildman–Crippen MR) is 110 cm³/mol. The van der Waals surface area contributed by atoms with Gasteiger partial charge in [0.15, 0.2) is 0 Å². The molecule has 146 valence electrons. The standard InChI is InChI=1S/C23H27N3O2/c1-17(27)24-20-9-7-19(8-10-20)23(28)26-14-13-25(21-11-12-21)16-22(26)15-18-5-3-2-4-6-18/h2-10,21-22H,11-16H2,1H3,(H,24,27). The second-order valence-electron chi connectivity index (χ2n) is 7.83. The van der Waals surface area contributed by atoms with E-state index < -0.39 is 0 Å². The number of amides is 2. The Bertz CT molecular complexity index is 831. The topological polar surface area (TPSA) is 52.7 Å². The number of benzene rings is 2. The highest BCUT2D eigenvalue weighted by atomic mass is 16.2. The van der Waals surface area contributed by atoms with Gasteiger partial charge in [0.05, 0.1) is 0 Å². The SMILES string of the molecule is CC(=O)Nc1ccc(C(=O)N2CCN(C3CC3)CC2Cc2ccccc2)cc1. The minimum Gasteiger partial charge on any atom is -0.333 e. The van der Waals surface area contributed by atoms with Crippen LogP contribution in [-0.4, -0.2) is 53.3 Å². The summed E-state index contributed by atoms with van der Waals surface area (Å²) in [7, 11) is 0. The van der Waals surface area contributed by atoms with Gasteiger partial charge in [-0.1, -0.05) is 30.3 Å². The summed E-state index contributed by atoms with van der Waals surface area (Å²) in [5.74, 6) is -0.0380. The molecule has 0 spiro atoms. The highest BCUT2D eigenvalue weighted by Crippen LogP contribution is 2.30. The Morgan fingerprint density at radius 1 is 1.00 bits per heavy atom. The zero-order chi connectivity index (χ0) is 19.5. The maximum atomic E-state index is 13.2. The molecule has 4 rings (SSSR count). The monoisotopic (exact) mass is 377 g/mol. The third kappa shape index (κ3) is 4.42. The van der Waals surface area contributed by atoms with Crippen molar-refractivity contribution in [2.24, 2.45) is 0 Å². The molecule has 1 aliphatic heterocycles. The number of piperazine rings is 1. The zero-order valence-corrected chi connectivity index (χ0v) is 16.3. The number of hydrogen-bond acceptors (Lipinski definition) is 3. The molecule has 2 aromatic carbocycles. The molecule has 1 saturated heterocycles. The second-order valence-corrected chi connectivity index (χ2v) is 7.83. The first-order valence-corrected chi connectivity index (χ1v) is 10.1. The molecule has 2 aliphatic rings. The molecule has 1 heterocycles. The Balaban J connectivity index is 1.51. The fraction of sp³-hybridized carbons (Fsp3) is 0.391. The van der Waals surface area contributed by atoms with Gasteiger partial charge in [-0.2, -0.15) is 0 Å². The van der Waals surface area contributed by atoms with Crippen LogP contribution in [0.15, 0.2) is 54.6 Å². The normalized spacial score (nSPS) is 20.0. The van der Waals surface area contributed by atoms with E-state index in [1.807, 2.05) is 11.0 Å². The first kappa shape index (κ1) is 18.7. The van der Waals surface area contributed by atoms with Crippen molar-refractivity contribution in [3.8, 4) is 0 Å². The Morgan fingerprint density at radius 2 is 1.71 bits per heavy atom. The Labute approximate surface area is 166 Å². The van der Waals surface area contributed by atoms with Crippen LogP contribution in [0.2, 0.25) is 0 Å². The number of carbonyl (C=O) groups excluding carboxylic acids is 2. The van der Waals surface area contributed by atoms with E-state index in [1.54, 1.807) is 24.3 Å². The molecule has 1 atom stereocenters. The van der Waals surface area contributed by atoms with E-state index in [0.29, 0.717) is 17.3 Å². The molecule has 0 bridgehead atoms. The van der Waals surface area contributed by atoms with Crippen molar-refractivity contribution in [1.82, 2.24) is 9.80 Å². The van der Waals surface area contributed by atoms with E-state index in [1.165, 1.54) is 25.3 Å². The largest absolute Gasteiger partial charge is 0.333 e. The summed E-state index contributed by atoms with van der Waals surface area (Å²) in [4.78, 5) is 29.0. The fourth-order valence-electron chi connectivity index (χ4n) is 4.04. The van der Waals surface area contributed by atoms with Gasteiger partial charge < -0.3 is 10.2 Å². The van der Waals surface area contributed by atoms with E-state index >= 15 is 0 Å². The van der Waals surface area contributed by atoms with Gasteiger partial charge in [0, 0.05) is 49.9 Å². The Morgan fingerprint density at radius 3 is 2.36 bits per heavy atom. The van der Waals surface area contributed by atoms with Crippen molar-refractivity contribution < 1.29 is 9.59 Å². The minimum atomic E-state index is -0.113. The lowest BCUT2D eigenvalue weighted by molar-refractivity contribution is -0.114. The second kappa shape index (κ2) is 8.15. The number of carbonyl (C=O) groups is 2. The van der Waals surface area contributed by atoms with Crippen LogP contribution in [-0.2, 0) is 11.2 Å². The van der Waals surface area contributed by atoms with Gasteiger partial charge in [0.25, 0.3) is 5.91 Å². The van der Waals surface area contributed by atoms with Crippen molar-refractivity contribution in [3.05, 3.63) is 65.7 Å². The number of hydrogen-bond donors (Lipinski definition) is 1. The first-order valence-electron chi connectivity index (χ1n) is 10.1. The minimum absolute atomic E-state index is 0.0748. The van der Waals surface area contributed by atoms with Gasteiger partial charge in [-0.05, 0) is 49.1 Å². The molecule has 0 aromatic heterocycles. The third-order valence-corrected chi connectivity index (χ3v) is 5.60. The lowest BCUT2D eigenvalue weighted by Gasteiger charge is -2.42. The van der Waals surface area contributed by atoms with Gasteiger partial charge in [-0.15, -0.1) is 0 Å². The van der Waals surface area contributed by atoms with E-state index in [0.717, 1.165) is 26.1 Å². The fourth-order valence-corrected chi connectivity index (χ4v) is 4.04. The quantitative estimate of drug-likeness (QED) is 0.871. The van der Waals surface area contributed by atoms with Crippen molar-refractivity contribution in [3.63, 3.8) is 0 Å². The maximum absolute atomic E-state index is 13.2. The predicted octanol–water partition coefficient (Wildman–Crippen LogP) is 3.18. The smallest absolute Gasteiger partial charge is 0.254 e. The summed E-state index contributed by atoms with van der Waals surface area (Å²) in [5, 5.41) is 2.75. The molecular formula is C23H27N3O2. The van der Waals surface area contributed by atoms with Gasteiger partial charge in [-0.3, -0.25) is 14.5 Å². The van der Waals surface area contributed by atoms with Crippen LogP contribution in [0.5, 0.6) is 0 Å². The van der Waals surface area contributed by atoms with Crippen molar-refractivity contribution in [2.75, 3.05) is 25.0 Å². The number of nitrogens with zero attached hydrogens (tertiary/aromatic N) is 2. The van der Waals surface area contributed by atoms with Crippen LogP contribution in [0.3, 0.4) is 0 Å². The number of nitrogens with one attached hydrogen (secondary N) is 1. The molecular weight excluding hydrogens is 350 g/mol. The number of anilines is 1. The summed E-state index contributed by atoms with van der Waals surface area (Å²) in [6.45, 7) is 4.13. The lowest BCUT2D eigenvalue weighted by Crippen LogP contribution is -2.56. The summed E-state index contributed by atoms with van der Waals surface area (Å²) in [6, 6.07) is 18.5. The highest BCUT2D eigenvalue weighted by Gasteiger charge is 2.37. The molecule has 1 N–H and O–H groups in total. The van der Waals surface area contributed by atoms with Crippen LogP contribution in [0, 0.1) is 0 Å². The van der Waals surface area contributed by atoms with E-state index in [2.05, 4.69) is 34.5 Å². The summed E-state index contributed by atoms with van der Waals surface area (Å²) < 4.78 is 0. The Kier molecular flexibility index (Phi) is 5.44. The van der Waals surface area contributed by atoms with Crippen molar-refractivity contribution >= 4 is 17.5 Å². The maximum Gasteiger partial charge on any atom is 0.254 e. The first-order chi connectivity index (χ1) is 13.6. The van der Waals surface area contributed by atoms with E-state index in [9.17, 15) is 9.59 Å². The molecule has 1 unspecified atom stereocenters. The zero-order valence-electron chi connectivity index (χ0n) is 16.3. The van der Waals surface area contributed by atoms with Crippen LogP contribution in [0.1, 0.15) is 35.7 Å². The molecule has 2 fully saturated rings. The van der Waals surface area contributed by atoms with Gasteiger partial charge in [0.2, 0.25) is 5.91 Å². The van der Waals surface area contributed by atoms with Crippen LogP contribution < -0.4 is 5.32 Å². The van der Waals surface area contributed by atoms with E-state index in [4.69, 9.17) is 0 Å². The molecule has 28 heavy (non-hydrogen) atoms. The average Bonchev–Trinajstić information content (AvgIpc) is 3.54. The Hall–Kier alpha value is -2.66. The lowest BCUT2D eigenvalue weighted by atomic mass is 10.0. The molecule has 2 amide bonds. The number of rotatable bonds is 5. The van der Waals surface area contributed by atoms with Crippen LogP contribution in [0.25, 0.3) is 0 Å². The summed E-state index contributed by atoms with van der Waals surface area (Å²) in [6.07, 6.45) is 3.45. The molecule has 1 aliphatic carbocycles. The summed E-state index contributed by atoms with van der Waals surface area (Å²) >= 11 is 0. The molecule has 5 nitrogen and oxygen atoms in total. The van der Waals surface area contributed by atoms with Crippen LogP contribution >= 0.6 is 0 Å². The summed E-state index contributed by atoms with van der Waals surface area (Å²) in [5.41, 5.74) is 2.65. The molecule has 1 saturated carbocycles. The highest BCUT2D eigenvalue weighted by molar-refractivity contribution is 5.95. The third-order valence-electron chi connectivity index (χ3n) is 5.60. The van der Waals surface area contributed by atoms with Gasteiger partial charge >= 0.3 is 0 Å². The average molecular weight is 377 g/mol. The van der Waals surface area contributed by atoms with Crippen molar-refractivity contribution in [2.45, 2.75) is 38.3 Å². The molecule has 0 radical (unpaired) electrons. The molecule has 2 aromatic rings. The van der Waals surface area contributed by atoms with Crippen molar-refractivity contribution in [1.29, 1.82) is 0 Å². The van der Waals surface area contributed by atoms with Crippen LogP contribution in [0.4, 0.5) is 5.69 Å². The van der Waals surface area contributed by atoms with Gasteiger partial charge in [-0.25, -0.2) is 0 Å². The molecule has 5 heteroatoms. The van der Waals surface area contributed by atoms with Gasteiger partial charge in [0.1, 0.15) is 0 Å². The van der Waals surface area contributed by atoms with E-state index in [-0.39, 0.29) is 17.9 Å².